The first-order valence-corrected chi connectivity index (χ1v) is 11.3. The average molecular weight is 459 g/mol. The van der Waals surface area contributed by atoms with Crippen LogP contribution >= 0.6 is 23.8 Å². The predicted octanol–water partition coefficient (Wildman–Crippen LogP) is 6.32. The van der Waals surface area contributed by atoms with Gasteiger partial charge in [0.1, 0.15) is 6.04 Å². The van der Waals surface area contributed by atoms with E-state index < -0.39 is 0 Å². The van der Waals surface area contributed by atoms with Gasteiger partial charge in [-0.2, -0.15) is 0 Å². The lowest BCUT2D eigenvalue weighted by atomic mass is 10.00. The highest BCUT2D eigenvalue weighted by Gasteiger charge is 2.42. The lowest BCUT2D eigenvalue weighted by molar-refractivity contribution is 0.549. The molecule has 2 atom stereocenters. The number of nitrogens with zero attached hydrogens (tertiary/aromatic N) is 3. The van der Waals surface area contributed by atoms with Crippen LogP contribution in [0.3, 0.4) is 0 Å². The van der Waals surface area contributed by atoms with Crippen LogP contribution in [0.5, 0.6) is 0 Å². The van der Waals surface area contributed by atoms with Crippen molar-refractivity contribution in [1.82, 2.24) is 14.9 Å². The second-order valence-electron chi connectivity index (χ2n) is 8.05. The number of nitrogens with one attached hydrogen (secondary N) is 1. The lowest BCUT2D eigenvalue weighted by Crippen LogP contribution is -2.30. The molecule has 1 N–H and O–H groups in total. The van der Waals surface area contributed by atoms with E-state index in [1.165, 1.54) is 11.1 Å². The molecule has 3 heterocycles. The standard InChI is InChI=1S/C26H23ClN4S/c1-17-11-12-21(15-18(17)2)31-25(24(29-26(31)32)22-9-3-4-13-28-22)23-10-6-14-30(23)20-8-5-7-19(27)16-20/h3-16,24-25H,1-2H3,(H,29,32)/t24-,25-/m0/s1. The van der Waals surface area contributed by atoms with Gasteiger partial charge in [0.05, 0.1) is 11.7 Å². The minimum absolute atomic E-state index is 0.0894. The highest BCUT2D eigenvalue weighted by molar-refractivity contribution is 7.80. The SMILES string of the molecule is Cc1ccc(N2C(=S)N[C@@H](c3ccccn3)[C@@H]2c2cccn2-c2cccc(Cl)c2)cc1C. The minimum atomic E-state index is -0.0989. The van der Waals surface area contributed by atoms with Crippen molar-refractivity contribution in [2.75, 3.05) is 4.90 Å². The first-order valence-electron chi connectivity index (χ1n) is 10.5. The van der Waals surface area contributed by atoms with Crippen LogP contribution in [0.2, 0.25) is 5.02 Å². The summed E-state index contributed by atoms with van der Waals surface area (Å²) in [4.78, 5) is 6.86. The van der Waals surface area contributed by atoms with Crippen LogP contribution in [0.1, 0.15) is 34.6 Å². The number of aryl methyl sites for hydroxylation is 2. The number of thiocarbonyl (C=S) groups is 1. The highest BCUT2D eigenvalue weighted by atomic mass is 35.5. The molecule has 5 rings (SSSR count). The van der Waals surface area contributed by atoms with Crippen molar-refractivity contribution in [3.05, 3.63) is 113 Å². The van der Waals surface area contributed by atoms with Crippen LogP contribution in [0.15, 0.2) is 85.2 Å². The molecule has 2 aromatic heterocycles. The fraction of sp³-hybridized carbons (Fsp3) is 0.154. The molecule has 0 radical (unpaired) electrons. The largest absolute Gasteiger partial charge is 0.351 e. The summed E-state index contributed by atoms with van der Waals surface area (Å²) in [5.41, 5.74) is 6.61. The summed E-state index contributed by atoms with van der Waals surface area (Å²) in [7, 11) is 0. The second-order valence-corrected chi connectivity index (χ2v) is 8.87. The number of hydrogen-bond acceptors (Lipinski definition) is 2. The molecular formula is C26H23ClN4S. The Kier molecular flexibility index (Phi) is 5.45. The Morgan fingerprint density at radius 1 is 0.906 bits per heavy atom. The molecule has 0 aliphatic carbocycles. The van der Waals surface area contributed by atoms with E-state index in [-0.39, 0.29) is 12.1 Å². The van der Waals surface area contributed by atoms with Gasteiger partial charge >= 0.3 is 0 Å². The van der Waals surface area contributed by atoms with E-state index in [0.29, 0.717) is 10.1 Å². The third-order valence-corrected chi connectivity index (χ3v) is 6.59. The van der Waals surface area contributed by atoms with Gasteiger partial charge in [-0.3, -0.25) is 4.98 Å². The molecule has 1 saturated heterocycles. The van der Waals surface area contributed by atoms with Crippen LogP contribution in [0, 0.1) is 13.8 Å². The number of benzene rings is 2. The van der Waals surface area contributed by atoms with Gasteiger partial charge in [0.2, 0.25) is 0 Å². The average Bonchev–Trinajstić information content (AvgIpc) is 3.40. The Morgan fingerprint density at radius 2 is 1.78 bits per heavy atom. The minimum Gasteiger partial charge on any atom is -0.351 e. The predicted molar refractivity (Wildman–Crippen MR) is 135 cm³/mol. The molecule has 160 valence electrons. The van der Waals surface area contributed by atoms with Crippen molar-refractivity contribution >= 4 is 34.6 Å². The van der Waals surface area contributed by atoms with Gasteiger partial charge in [-0.05, 0) is 91.8 Å². The fourth-order valence-electron chi connectivity index (χ4n) is 4.31. The zero-order chi connectivity index (χ0) is 22.2. The molecule has 0 spiro atoms. The number of pyridine rings is 1. The zero-order valence-electron chi connectivity index (χ0n) is 17.9. The maximum absolute atomic E-state index is 6.31. The first-order chi connectivity index (χ1) is 15.5. The van der Waals surface area contributed by atoms with Crippen molar-refractivity contribution in [2.24, 2.45) is 0 Å². The molecule has 0 saturated carbocycles. The summed E-state index contributed by atoms with van der Waals surface area (Å²) >= 11 is 12.2. The Bertz CT molecular complexity index is 1280. The molecular weight excluding hydrogens is 436 g/mol. The molecule has 1 aliphatic rings. The van der Waals surface area contributed by atoms with Crippen molar-refractivity contribution in [3.63, 3.8) is 0 Å². The van der Waals surface area contributed by atoms with E-state index >= 15 is 0 Å². The molecule has 6 heteroatoms. The summed E-state index contributed by atoms with van der Waals surface area (Å²) in [6.45, 7) is 4.25. The molecule has 1 aliphatic heterocycles. The van der Waals surface area contributed by atoms with Gasteiger partial charge < -0.3 is 14.8 Å². The number of hydrogen-bond donors (Lipinski definition) is 1. The summed E-state index contributed by atoms with van der Waals surface area (Å²) in [5.74, 6) is 0. The van der Waals surface area contributed by atoms with E-state index in [4.69, 9.17) is 23.8 Å². The number of aromatic nitrogens is 2. The van der Waals surface area contributed by atoms with Crippen LogP contribution in [-0.2, 0) is 0 Å². The lowest BCUT2D eigenvalue weighted by Gasteiger charge is -2.29. The monoisotopic (exact) mass is 458 g/mol. The molecule has 32 heavy (non-hydrogen) atoms. The van der Waals surface area contributed by atoms with Gasteiger partial charge in [-0.15, -0.1) is 0 Å². The van der Waals surface area contributed by atoms with Crippen molar-refractivity contribution in [3.8, 4) is 5.69 Å². The van der Waals surface area contributed by atoms with Gasteiger partial charge in [0.25, 0.3) is 0 Å². The van der Waals surface area contributed by atoms with E-state index in [1.807, 2.05) is 42.6 Å². The maximum Gasteiger partial charge on any atom is 0.174 e. The third kappa shape index (κ3) is 3.68. The maximum atomic E-state index is 6.31. The second kappa shape index (κ2) is 8.41. The van der Waals surface area contributed by atoms with Crippen LogP contribution in [0.25, 0.3) is 5.69 Å². The molecule has 0 unspecified atom stereocenters. The molecule has 4 nitrogen and oxygen atoms in total. The van der Waals surface area contributed by atoms with Crippen LogP contribution < -0.4 is 10.2 Å². The zero-order valence-corrected chi connectivity index (χ0v) is 19.4. The van der Waals surface area contributed by atoms with Crippen LogP contribution in [-0.4, -0.2) is 14.7 Å². The van der Waals surface area contributed by atoms with Gasteiger partial charge in [0, 0.05) is 34.5 Å². The van der Waals surface area contributed by atoms with Crippen molar-refractivity contribution in [1.29, 1.82) is 0 Å². The smallest absolute Gasteiger partial charge is 0.174 e. The number of anilines is 1. The Labute approximate surface area is 198 Å². The molecule has 0 amide bonds. The highest BCUT2D eigenvalue weighted by Crippen LogP contribution is 2.42. The first kappa shape index (κ1) is 20.7. The van der Waals surface area contributed by atoms with Crippen LogP contribution in [0.4, 0.5) is 5.69 Å². The van der Waals surface area contributed by atoms with Gasteiger partial charge in [-0.1, -0.05) is 29.8 Å². The van der Waals surface area contributed by atoms with E-state index in [2.05, 4.69) is 76.2 Å². The summed E-state index contributed by atoms with van der Waals surface area (Å²) in [6.07, 6.45) is 3.89. The summed E-state index contributed by atoms with van der Waals surface area (Å²) in [5, 5.41) is 4.93. The Balaban J connectivity index is 1.68. The van der Waals surface area contributed by atoms with Gasteiger partial charge in [0.15, 0.2) is 5.11 Å². The van der Waals surface area contributed by atoms with E-state index in [9.17, 15) is 0 Å². The fourth-order valence-corrected chi connectivity index (χ4v) is 4.84. The van der Waals surface area contributed by atoms with E-state index in [0.717, 1.165) is 22.8 Å². The molecule has 0 bridgehead atoms. The van der Waals surface area contributed by atoms with Crippen molar-refractivity contribution in [2.45, 2.75) is 25.9 Å². The summed E-state index contributed by atoms with van der Waals surface area (Å²) < 4.78 is 2.18. The molecule has 1 fully saturated rings. The van der Waals surface area contributed by atoms with E-state index in [1.54, 1.807) is 0 Å². The topological polar surface area (TPSA) is 33.1 Å². The third-order valence-electron chi connectivity index (χ3n) is 6.04. The van der Waals surface area contributed by atoms with Crippen molar-refractivity contribution < 1.29 is 0 Å². The quantitative estimate of drug-likeness (QED) is 0.363. The molecule has 4 aromatic rings. The normalized spacial score (nSPS) is 18.1. The van der Waals surface area contributed by atoms with Gasteiger partial charge in [-0.25, -0.2) is 0 Å². The number of halogens is 1. The Morgan fingerprint density at radius 3 is 2.53 bits per heavy atom. The summed E-state index contributed by atoms with van der Waals surface area (Å²) in [6, 6.07) is 24.4. The Hall–Kier alpha value is -3.15. The number of rotatable bonds is 4. The molecule has 2 aromatic carbocycles.